The summed E-state index contributed by atoms with van der Waals surface area (Å²) in [5.74, 6) is -0.318. The van der Waals surface area contributed by atoms with Crippen molar-refractivity contribution in [1.82, 2.24) is 0 Å². The lowest BCUT2D eigenvalue weighted by Crippen LogP contribution is -2.34. The molecule has 0 spiro atoms. The molecule has 2 amide bonds. The molecule has 7 heteroatoms. The van der Waals surface area contributed by atoms with Crippen LogP contribution in [0.3, 0.4) is 0 Å². The van der Waals surface area contributed by atoms with Gasteiger partial charge in [-0.25, -0.2) is 9.69 Å². The average molecular weight is 382 g/mol. The lowest BCUT2D eigenvalue weighted by Gasteiger charge is -2.16. The van der Waals surface area contributed by atoms with Crippen LogP contribution in [0.1, 0.15) is 30.1 Å². The van der Waals surface area contributed by atoms with Gasteiger partial charge in [0.05, 0.1) is 31.4 Å². The maximum Gasteiger partial charge on any atom is 0.337 e. The predicted octanol–water partition coefficient (Wildman–Crippen LogP) is 3.01. The van der Waals surface area contributed by atoms with Crippen LogP contribution in [0.2, 0.25) is 0 Å². The van der Waals surface area contributed by atoms with Gasteiger partial charge in [-0.15, -0.1) is 0 Å². The molecule has 7 nitrogen and oxygen atoms in total. The normalized spacial score (nSPS) is 16.2. The SMILES string of the molecule is CCCOc1ccc(N2C(=O)C[C@@H](Nc3ccc(C(=O)OC)cc3)C2=O)cc1. The number of anilines is 2. The van der Waals surface area contributed by atoms with Gasteiger partial charge in [-0.3, -0.25) is 9.59 Å². The van der Waals surface area contributed by atoms with E-state index in [0.717, 1.165) is 6.42 Å². The number of methoxy groups -OCH3 is 1. The van der Waals surface area contributed by atoms with E-state index in [1.807, 2.05) is 6.92 Å². The van der Waals surface area contributed by atoms with Crippen molar-refractivity contribution in [2.45, 2.75) is 25.8 Å². The van der Waals surface area contributed by atoms with Gasteiger partial charge in [0.1, 0.15) is 11.8 Å². The highest BCUT2D eigenvalue weighted by molar-refractivity contribution is 6.23. The van der Waals surface area contributed by atoms with Crippen molar-refractivity contribution < 1.29 is 23.9 Å². The maximum absolute atomic E-state index is 12.7. The highest BCUT2D eigenvalue weighted by atomic mass is 16.5. The number of carbonyl (C=O) groups excluding carboxylic acids is 3. The van der Waals surface area contributed by atoms with Crippen LogP contribution < -0.4 is 15.0 Å². The van der Waals surface area contributed by atoms with E-state index < -0.39 is 12.0 Å². The van der Waals surface area contributed by atoms with E-state index >= 15 is 0 Å². The van der Waals surface area contributed by atoms with Crippen LogP contribution in [0.25, 0.3) is 0 Å². The van der Waals surface area contributed by atoms with Gasteiger partial charge in [-0.05, 0) is 55.0 Å². The summed E-state index contributed by atoms with van der Waals surface area (Å²) in [7, 11) is 1.31. The number of carbonyl (C=O) groups is 3. The van der Waals surface area contributed by atoms with Crippen LogP contribution in [0.5, 0.6) is 5.75 Å². The van der Waals surface area contributed by atoms with E-state index in [4.69, 9.17) is 4.74 Å². The Morgan fingerprint density at radius 3 is 2.39 bits per heavy atom. The van der Waals surface area contributed by atoms with Gasteiger partial charge in [0.25, 0.3) is 5.91 Å². The van der Waals surface area contributed by atoms with Gasteiger partial charge in [0.2, 0.25) is 5.91 Å². The minimum absolute atomic E-state index is 0.0612. The van der Waals surface area contributed by atoms with Crippen LogP contribution in [0.4, 0.5) is 11.4 Å². The molecule has 1 heterocycles. The molecule has 1 saturated heterocycles. The second-order valence-corrected chi connectivity index (χ2v) is 6.38. The summed E-state index contributed by atoms with van der Waals surface area (Å²) in [6, 6.07) is 12.8. The molecule has 0 aliphatic carbocycles. The van der Waals surface area contributed by atoms with Crippen LogP contribution in [0, 0.1) is 0 Å². The molecule has 0 aromatic heterocycles. The highest BCUT2D eigenvalue weighted by Crippen LogP contribution is 2.27. The van der Waals surface area contributed by atoms with Gasteiger partial charge < -0.3 is 14.8 Å². The third kappa shape index (κ3) is 4.14. The fraction of sp³-hybridized carbons (Fsp3) is 0.286. The van der Waals surface area contributed by atoms with Gasteiger partial charge in [-0.1, -0.05) is 6.92 Å². The summed E-state index contributed by atoms with van der Waals surface area (Å²) in [5.41, 5.74) is 1.57. The van der Waals surface area contributed by atoms with E-state index in [9.17, 15) is 14.4 Å². The van der Waals surface area contributed by atoms with E-state index in [-0.39, 0.29) is 18.2 Å². The highest BCUT2D eigenvalue weighted by Gasteiger charge is 2.39. The molecule has 0 radical (unpaired) electrons. The van der Waals surface area contributed by atoms with E-state index in [1.165, 1.54) is 12.0 Å². The Morgan fingerprint density at radius 1 is 1.11 bits per heavy atom. The molecular formula is C21H22N2O5. The Labute approximate surface area is 163 Å². The number of ether oxygens (including phenoxy) is 2. The van der Waals surface area contributed by atoms with Crippen molar-refractivity contribution in [1.29, 1.82) is 0 Å². The van der Waals surface area contributed by atoms with Crippen molar-refractivity contribution in [3.05, 3.63) is 54.1 Å². The minimum Gasteiger partial charge on any atom is -0.494 e. The Balaban J connectivity index is 1.68. The number of esters is 1. The molecule has 1 aliphatic rings. The van der Waals surface area contributed by atoms with Crippen LogP contribution >= 0.6 is 0 Å². The van der Waals surface area contributed by atoms with Crippen molar-refractivity contribution in [3.8, 4) is 5.75 Å². The molecule has 3 rings (SSSR count). The van der Waals surface area contributed by atoms with Gasteiger partial charge >= 0.3 is 5.97 Å². The van der Waals surface area contributed by atoms with E-state index in [0.29, 0.717) is 29.3 Å². The number of rotatable bonds is 7. The first-order valence-electron chi connectivity index (χ1n) is 9.08. The number of nitrogens with one attached hydrogen (secondary N) is 1. The second-order valence-electron chi connectivity index (χ2n) is 6.38. The van der Waals surface area contributed by atoms with E-state index in [2.05, 4.69) is 10.1 Å². The van der Waals surface area contributed by atoms with Gasteiger partial charge in [0.15, 0.2) is 0 Å². The molecule has 0 saturated carbocycles. The number of benzene rings is 2. The zero-order valence-corrected chi connectivity index (χ0v) is 15.8. The fourth-order valence-electron chi connectivity index (χ4n) is 2.95. The first-order valence-corrected chi connectivity index (χ1v) is 9.08. The summed E-state index contributed by atoms with van der Waals surface area (Å²) in [4.78, 5) is 37.8. The monoisotopic (exact) mass is 382 g/mol. The first-order chi connectivity index (χ1) is 13.5. The molecule has 1 aliphatic heterocycles. The van der Waals surface area contributed by atoms with Crippen molar-refractivity contribution in [2.75, 3.05) is 23.9 Å². The second kappa shape index (κ2) is 8.56. The Hall–Kier alpha value is -3.35. The standard InChI is InChI=1S/C21H22N2O5/c1-3-12-28-17-10-8-16(9-11-17)23-19(24)13-18(20(23)25)22-15-6-4-14(5-7-15)21(26)27-2/h4-11,18,22H,3,12-13H2,1-2H3/t18-/m1/s1. The Bertz CT molecular complexity index is 861. The molecule has 0 bridgehead atoms. The molecular weight excluding hydrogens is 360 g/mol. The molecule has 2 aromatic carbocycles. The minimum atomic E-state index is -0.660. The number of hydrogen-bond acceptors (Lipinski definition) is 6. The van der Waals surface area contributed by atoms with Gasteiger partial charge in [-0.2, -0.15) is 0 Å². The average Bonchev–Trinajstić information content (AvgIpc) is 3.00. The quantitative estimate of drug-likeness (QED) is 0.585. The number of nitrogens with zero attached hydrogens (tertiary/aromatic N) is 1. The van der Waals surface area contributed by atoms with Crippen molar-refractivity contribution in [2.24, 2.45) is 0 Å². The smallest absolute Gasteiger partial charge is 0.337 e. The maximum atomic E-state index is 12.7. The van der Waals surface area contributed by atoms with Crippen LogP contribution in [-0.2, 0) is 14.3 Å². The zero-order chi connectivity index (χ0) is 20.1. The summed E-state index contributed by atoms with van der Waals surface area (Å²) in [6.45, 7) is 2.63. The largest absolute Gasteiger partial charge is 0.494 e. The molecule has 1 N–H and O–H groups in total. The Kier molecular flexibility index (Phi) is 5.93. The lowest BCUT2D eigenvalue weighted by molar-refractivity contribution is -0.121. The summed E-state index contributed by atoms with van der Waals surface area (Å²) >= 11 is 0. The Morgan fingerprint density at radius 2 is 1.79 bits per heavy atom. The molecule has 28 heavy (non-hydrogen) atoms. The topological polar surface area (TPSA) is 84.9 Å². The number of hydrogen-bond donors (Lipinski definition) is 1. The van der Waals surface area contributed by atoms with Crippen molar-refractivity contribution >= 4 is 29.2 Å². The zero-order valence-electron chi connectivity index (χ0n) is 15.8. The van der Waals surface area contributed by atoms with Crippen LogP contribution in [-0.4, -0.2) is 37.5 Å². The van der Waals surface area contributed by atoms with Crippen molar-refractivity contribution in [3.63, 3.8) is 0 Å². The molecule has 0 unspecified atom stereocenters. The number of imide groups is 1. The first kappa shape index (κ1) is 19.4. The van der Waals surface area contributed by atoms with Gasteiger partial charge in [0, 0.05) is 5.69 Å². The predicted molar refractivity (Wildman–Crippen MR) is 105 cm³/mol. The summed E-state index contributed by atoms with van der Waals surface area (Å²) < 4.78 is 10.2. The molecule has 2 aromatic rings. The lowest BCUT2D eigenvalue weighted by atomic mass is 10.2. The molecule has 1 fully saturated rings. The van der Waals surface area contributed by atoms with E-state index in [1.54, 1.807) is 48.5 Å². The van der Waals surface area contributed by atoms with Crippen LogP contribution in [0.15, 0.2) is 48.5 Å². The molecule has 1 atom stereocenters. The third-order valence-corrected chi connectivity index (χ3v) is 4.36. The summed E-state index contributed by atoms with van der Waals surface area (Å²) in [6.07, 6.45) is 0.963. The molecule has 146 valence electrons. The third-order valence-electron chi connectivity index (χ3n) is 4.36. The summed E-state index contributed by atoms with van der Waals surface area (Å²) in [5, 5.41) is 3.06. The fourth-order valence-corrected chi connectivity index (χ4v) is 2.95. The number of amides is 2.